The summed E-state index contributed by atoms with van der Waals surface area (Å²) in [6, 6.07) is 10.1. The maximum absolute atomic E-state index is 12.0. The number of rotatable bonds is 3. The van der Waals surface area contributed by atoms with Crippen LogP contribution in [0.3, 0.4) is 0 Å². The second-order valence-corrected chi connectivity index (χ2v) is 6.23. The predicted octanol–water partition coefficient (Wildman–Crippen LogP) is 1.82. The summed E-state index contributed by atoms with van der Waals surface area (Å²) in [5, 5.41) is 7.94. The van der Waals surface area contributed by atoms with E-state index in [1.165, 1.54) is 36.4 Å². The van der Waals surface area contributed by atoms with E-state index in [9.17, 15) is 13.2 Å². The number of sulfonamides is 1. The van der Waals surface area contributed by atoms with E-state index in [-0.39, 0.29) is 10.6 Å². The molecule has 2 aromatic rings. The van der Waals surface area contributed by atoms with Gasteiger partial charge in [-0.05, 0) is 36.4 Å². The maximum atomic E-state index is 12.0. The van der Waals surface area contributed by atoms with E-state index in [2.05, 4.69) is 5.32 Å². The highest BCUT2D eigenvalue weighted by molar-refractivity contribution is 7.89. The van der Waals surface area contributed by atoms with Crippen molar-refractivity contribution in [2.24, 2.45) is 5.14 Å². The van der Waals surface area contributed by atoms with Crippen LogP contribution in [0.15, 0.2) is 47.4 Å². The molecule has 2 aromatic carbocycles. The lowest BCUT2D eigenvalue weighted by Crippen LogP contribution is -2.15. The minimum absolute atomic E-state index is 0.0871. The average molecular weight is 326 g/mol. The van der Waals surface area contributed by atoms with E-state index in [4.69, 9.17) is 22.5 Å². The van der Waals surface area contributed by atoms with Gasteiger partial charge in [0.1, 0.15) is 0 Å². The summed E-state index contributed by atoms with van der Waals surface area (Å²) < 4.78 is 22.5. The molecule has 8 heteroatoms. The third kappa shape index (κ3) is 3.72. The Labute approximate surface area is 126 Å². The van der Waals surface area contributed by atoms with Crippen LogP contribution in [-0.2, 0) is 10.0 Å². The number of carbonyl (C=O) groups excluding carboxylic acids is 1. The first-order chi connectivity index (χ1) is 9.77. The highest BCUT2D eigenvalue weighted by Gasteiger charge is 2.11. The number of anilines is 2. The molecule has 0 fully saturated rings. The first-order valence-electron chi connectivity index (χ1n) is 5.76. The SMILES string of the molecule is Nc1cc(C(=O)Nc2cccc(S(N)(=O)=O)c2)ccc1Cl. The largest absolute Gasteiger partial charge is 0.398 e. The van der Waals surface area contributed by atoms with Gasteiger partial charge in [0.2, 0.25) is 10.0 Å². The molecule has 6 nitrogen and oxygen atoms in total. The molecule has 0 saturated carbocycles. The number of nitrogen functional groups attached to an aromatic ring is 1. The molecule has 0 spiro atoms. The lowest BCUT2D eigenvalue weighted by molar-refractivity contribution is 0.102. The zero-order valence-electron chi connectivity index (χ0n) is 10.7. The Morgan fingerprint density at radius 2 is 1.86 bits per heavy atom. The molecule has 0 aliphatic heterocycles. The smallest absolute Gasteiger partial charge is 0.255 e. The highest BCUT2D eigenvalue weighted by Crippen LogP contribution is 2.21. The van der Waals surface area contributed by atoms with Crippen LogP contribution >= 0.6 is 11.6 Å². The predicted molar refractivity (Wildman–Crippen MR) is 81.6 cm³/mol. The van der Waals surface area contributed by atoms with Crippen LogP contribution < -0.4 is 16.2 Å². The van der Waals surface area contributed by atoms with Crippen LogP contribution in [0.5, 0.6) is 0 Å². The van der Waals surface area contributed by atoms with Crippen molar-refractivity contribution < 1.29 is 13.2 Å². The monoisotopic (exact) mass is 325 g/mol. The van der Waals surface area contributed by atoms with Crippen LogP contribution in [0.2, 0.25) is 5.02 Å². The molecule has 0 saturated heterocycles. The molecular weight excluding hydrogens is 314 g/mol. The van der Waals surface area contributed by atoms with Gasteiger partial charge in [0.25, 0.3) is 5.91 Å². The van der Waals surface area contributed by atoms with E-state index < -0.39 is 15.9 Å². The fourth-order valence-electron chi connectivity index (χ4n) is 1.64. The summed E-state index contributed by atoms with van der Waals surface area (Å²) in [7, 11) is -3.83. The Morgan fingerprint density at radius 3 is 2.48 bits per heavy atom. The highest BCUT2D eigenvalue weighted by atomic mass is 35.5. The molecule has 110 valence electrons. The van der Waals surface area contributed by atoms with E-state index in [1.807, 2.05) is 0 Å². The van der Waals surface area contributed by atoms with Crippen LogP contribution in [0.25, 0.3) is 0 Å². The summed E-state index contributed by atoms with van der Waals surface area (Å²) in [5.41, 5.74) is 6.51. The van der Waals surface area contributed by atoms with Gasteiger partial charge in [-0.15, -0.1) is 0 Å². The van der Waals surface area contributed by atoms with Crippen molar-refractivity contribution >= 4 is 38.9 Å². The van der Waals surface area contributed by atoms with Crippen LogP contribution in [0.4, 0.5) is 11.4 Å². The molecule has 0 bridgehead atoms. The summed E-state index contributed by atoms with van der Waals surface area (Å²) in [4.78, 5) is 12.0. The summed E-state index contributed by atoms with van der Waals surface area (Å²) in [5.74, 6) is -0.440. The van der Waals surface area contributed by atoms with Crippen LogP contribution in [0, 0.1) is 0 Å². The van der Waals surface area contributed by atoms with E-state index in [0.717, 1.165) is 0 Å². The Kier molecular flexibility index (Phi) is 4.17. The average Bonchev–Trinajstić information content (AvgIpc) is 2.41. The lowest BCUT2D eigenvalue weighted by Gasteiger charge is -2.07. The first-order valence-corrected chi connectivity index (χ1v) is 7.69. The molecular formula is C13H12ClN3O3S. The van der Waals surface area contributed by atoms with Gasteiger partial charge in [-0.3, -0.25) is 4.79 Å². The van der Waals surface area contributed by atoms with Gasteiger partial charge in [-0.1, -0.05) is 17.7 Å². The zero-order valence-corrected chi connectivity index (χ0v) is 12.3. The number of hydrogen-bond acceptors (Lipinski definition) is 4. The van der Waals surface area contributed by atoms with E-state index >= 15 is 0 Å². The molecule has 0 radical (unpaired) electrons. The number of halogens is 1. The van der Waals surface area contributed by atoms with E-state index in [0.29, 0.717) is 16.3 Å². The lowest BCUT2D eigenvalue weighted by atomic mass is 10.2. The fraction of sp³-hybridized carbons (Fsp3) is 0. The topological polar surface area (TPSA) is 115 Å². The summed E-state index contributed by atoms with van der Waals surface area (Å²) >= 11 is 5.78. The van der Waals surface area contributed by atoms with Crippen LogP contribution in [0.1, 0.15) is 10.4 Å². The Hall–Kier alpha value is -2.09. The minimum Gasteiger partial charge on any atom is -0.398 e. The molecule has 0 atom stereocenters. The molecule has 21 heavy (non-hydrogen) atoms. The van der Waals surface area contributed by atoms with Gasteiger partial charge < -0.3 is 11.1 Å². The van der Waals surface area contributed by atoms with Crippen molar-refractivity contribution in [1.29, 1.82) is 0 Å². The summed E-state index contributed by atoms with van der Waals surface area (Å²) in [6.45, 7) is 0. The fourth-order valence-corrected chi connectivity index (χ4v) is 2.32. The Bertz CT molecular complexity index is 806. The third-order valence-electron chi connectivity index (χ3n) is 2.68. The number of nitrogens with two attached hydrogens (primary N) is 2. The quantitative estimate of drug-likeness (QED) is 0.746. The van der Waals surface area contributed by atoms with E-state index in [1.54, 1.807) is 6.07 Å². The number of benzene rings is 2. The summed E-state index contributed by atoms with van der Waals surface area (Å²) in [6.07, 6.45) is 0. The minimum atomic E-state index is -3.83. The first kappa shape index (κ1) is 15.3. The van der Waals surface area contributed by atoms with Crippen molar-refractivity contribution in [3.63, 3.8) is 0 Å². The van der Waals surface area contributed by atoms with Crippen molar-refractivity contribution in [3.8, 4) is 0 Å². The van der Waals surface area contributed by atoms with Gasteiger partial charge in [0.05, 0.1) is 15.6 Å². The van der Waals surface area contributed by atoms with Crippen LogP contribution in [-0.4, -0.2) is 14.3 Å². The van der Waals surface area contributed by atoms with Crippen molar-refractivity contribution in [1.82, 2.24) is 0 Å². The maximum Gasteiger partial charge on any atom is 0.255 e. The Morgan fingerprint density at radius 1 is 1.14 bits per heavy atom. The molecule has 0 unspecified atom stereocenters. The molecule has 0 aliphatic rings. The normalized spacial score (nSPS) is 11.1. The molecule has 0 aromatic heterocycles. The van der Waals surface area contributed by atoms with Crippen molar-refractivity contribution in [3.05, 3.63) is 53.1 Å². The number of hydrogen-bond donors (Lipinski definition) is 3. The number of nitrogens with one attached hydrogen (secondary N) is 1. The zero-order chi connectivity index (χ0) is 15.6. The number of primary sulfonamides is 1. The standard InChI is InChI=1S/C13H12ClN3O3S/c14-11-5-4-8(6-12(11)15)13(18)17-9-2-1-3-10(7-9)21(16,19)20/h1-7H,15H2,(H,17,18)(H2,16,19,20). The number of amides is 1. The second kappa shape index (κ2) is 5.72. The molecule has 1 amide bonds. The number of carbonyl (C=O) groups is 1. The third-order valence-corrected chi connectivity index (χ3v) is 3.93. The molecule has 0 aliphatic carbocycles. The molecule has 2 rings (SSSR count). The van der Waals surface area contributed by atoms with Crippen molar-refractivity contribution in [2.75, 3.05) is 11.1 Å². The van der Waals surface area contributed by atoms with Gasteiger partial charge >= 0.3 is 0 Å². The molecule has 5 N–H and O–H groups in total. The molecule has 0 heterocycles. The van der Waals surface area contributed by atoms with Gasteiger partial charge in [-0.2, -0.15) is 0 Å². The second-order valence-electron chi connectivity index (χ2n) is 4.26. The van der Waals surface area contributed by atoms with Gasteiger partial charge in [0, 0.05) is 11.3 Å². The van der Waals surface area contributed by atoms with Gasteiger partial charge in [-0.25, -0.2) is 13.6 Å². The Balaban J connectivity index is 2.25. The van der Waals surface area contributed by atoms with Gasteiger partial charge in [0.15, 0.2) is 0 Å². The van der Waals surface area contributed by atoms with Crippen molar-refractivity contribution in [2.45, 2.75) is 4.90 Å².